The van der Waals surface area contributed by atoms with Gasteiger partial charge in [-0.25, -0.2) is 4.98 Å². The minimum Gasteiger partial charge on any atom is -0.332 e. The van der Waals surface area contributed by atoms with E-state index < -0.39 is 0 Å². The van der Waals surface area contributed by atoms with Crippen molar-refractivity contribution in [2.24, 2.45) is 0 Å². The highest BCUT2D eigenvalue weighted by Crippen LogP contribution is 2.20. The topological polar surface area (TPSA) is 17.8 Å². The Hall–Kier alpha value is -0.790. The van der Waals surface area contributed by atoms with Crippen molar-refractivity contribution in [1.29, 1.82) is 0 Å². The average Bonchev–Trinajstić information content (AvgIpc) is 2.89. The first kappa shape index (κ1) is 20.3. The van der Waals surface area contributed by atoms with Crippen molar-refractivity contribution >= 4 is 0 Å². The molecule has 0 aliphatic heterocycles. The molecule has 1 heterocycles. The Bertz CT molecular complexity index is 406. The Kier molecular flexibility index (Phi) is 11.1. The second kappa shape index (κ2) is 12.6. The lowest BCUT2D eigenvalue weighted by atomic mass is 10.1. The Labute approximate surface area is 145 Å². The summed E-state index contributed by atoms with van der Waals surface area (Å²) in [5.74, 6) is 1.38. The second-order valence-electron chi connectivity index (χ2n) is 6.94. The van der Waals surface area contributed by atoms with Crippen LogP contribution in [0.3, 0.4) is 0 Å². The molecule has 0 fully saturated rings. The van der Waals surface area contributed by atoms with Crippen LogP contribution in [0.2, 0.25) is 0 Å². The number of nitrogens with zero attached hydrogens (tertiary/aromatic N) is 2. The van der Waals surface area contributed by atoms with E-state index in [2.05, 4.69) is 32.3 Å². The van der Waals surface area contributed by atoms with Gasteiger partial charge in [-0.15, -0.1) is 0 Å². The molecule has 0 radical (unpaired) electrons. The van der Waals surface area contributed by atoms with Gasteiger partial charge in [-0.3, -0.25) is 0 Å². The lowest BCUT2D eigenvalue weighted by Crippen LogP contribution is -2.09. The van der Waals surface area contributed by atoms with Crippen LogP contribution in [-0.4, -0.2) is 9.55 Å². The van der Waals surface area contributed by atoms with Gasteiger partial charge in [0.25, 0.3) is 0 Å². The predicted molar refractivity (Wildman–Crippen MR) is 102 cm³/mol. The molecule has 0 spiro atoms. The molecule has 0 amide bonds. The molecule has 0 aromatic carbocycles. The molecule has 0 atom stereocenters. The normalized spacial score (nSPS) is 11.3. The molecule has 0 saturated heterocycles. The smallest absolute Gasteiger partial charge is 0.109 e. The number of aromatic nitrogens is 2. The van der Waals surface area contributed by atoms with Gasteiger partial charge in [0.1, 0.15) is 5.82 Å². The first-order valence-corrected chi connectivity index (χ1v) is 10.3. The molecule has 23 heavy (non-hydrogen) atoms. The van der Waals surface area contributed by atoms with Crippen LogP contribution in [0.4, 0.5) is 0 Å². The lowest BCUT2D eigenvalue weighted by Gasteiger charge is -2.13. The van der Waals surface area contributed by atoms with Gasteiger partial charge in [-0.05, 0) is 38.5 Å². The van der Waals surface area contributed by atoms with Crippen LogP contribution < -0.4 is 0 Å². The number of rotatable bonds is 14. The third kappa shape index (κ3) is 7.10. The molecule has 0 unspecified atom stereocenters. The van der Waals surface area contributed by atoms with Gasteiger partial charge >= 0.3 is 0 Å². The maximum absolute atomic E-state index is 5.10. The number of aryl methyl sites for hydroxylation is 2. The van der Waals surface area contributed by atoms with E-state index in [1.165, 1.54) is 95.1 Å². The number of hydrogen-bond donors (Lipinski definition) is 0. The molecule has 134 valence electrons. The van der Waals surface area contributed by atoms with Gasteiger partial charge < -0.3 is 4.57 Å². The quantitative estimate of drug-likeness (QED) is 0.358. The SMILES string of the molecule is CCCCCCn1c(CCCC)nc(CCCC)c1CCCC. The first-order chi connectivity index (χ1) is 11.3. The van der Waals surface area contributed by atoms with Crippen LogP contribution in [0, 0.1) is 0 Å². The lowest BCUT2D eigenvalue weighted by molar-refractivity contribution is 0.539. The Morgan fingerprint density at radius 3 is 1.91 bits per heavy atom. The Morgan fingerprint density at radius 1 is 0.652 bits per heavy atom. The van der Waals surface area contributed by atoms with Crippen LogP contribution in [0.1, 0.15) is 109 Å². The minimum atomic E-state index is 1.16. The van der Waals surface area contributed by atoms with Crippen molar-refractivity contribution in [1.82, 2.24) is 9.55 Å². The molecule has 1 aromatic rings. The second-order valence-corrected chi connectivity index (χ2v) is 6.94. The summed E-state index contributed by atoms with van der Waals surface area (Å²) in [7, 11) is 0. The van der Waals surface area contributed by atoms with Crippen molar-refractivity contribution in [3.05, 3.63) is 17.2 Å². The van der Waals surface area contributed by atoms with Crippen LogP contribution >= 0.6 is 0 Å². The zero-order valence-electron chi connectivity index (χ0n) is 16.3. The molecule has 1 aromatic heterocycles. The largest absolute Gasteiger partial charge is 0.332 e. The summed E-state index contributed by atoms with van der Waals surface area (Å²) >= 11 is 0. The average molecular weight is 321 g/mol. The monoisotopic (exact) mass is 320 g/mol. The summed E-state index contributed by atoms with van der Waals surface area (Å²) in [6.45, 7) is 10.3. The van der Waals surface area contributed by atoms with E-state index in [1.807, 2.05) is 0 Å². The van der Waals surface area contributed by atoms with Gasteiger partial charge in [0.15, 0.2) is 0 Å². The Morgan fingerprint density at radius 2 is 1.26 bits per heavy atom. The van der Waals surface area contributed by atoms with Gasteiger partial charge in [-0.2, -0.15) is 0 Å². The highest BCUT2D eigenvalue weighted by atomic mass is 15.1. The molecule has 2 nitrogen and oxygen atoms in total. The van der Waals surface area contributed by atoms with E-state index in [-0.39, 0.29) is 0 Å². The molecule has 0 saturated carbocycles. The van der Waals surface area contributed by atoms with Crippen LogP contribution in [-0.2, 0) is 25.8 Å². The first-order valence-electron chi connectivity index (χ1n) is 10.3. The number of imidazole rings is 1. The molecular weight excluding hydrogens is 280 g/mol. The van der Waals surface area contributed by atoms with Crippen molar-refractivity contribution in [2.45, 2.75) is 118 Å². The van der Waals surface area contributed by atoms with E-state index in [1.54, 1.807) is 5.69 Å². The number of hydrogen-bond acceptors (Lipinski definition) is 1. The van der Waals surface area contributed by atoms with Gasteiger partial charge in [0, 0.05) is 18.7 Å². The zero-order valence-corrected chi connectivity index (χ0v) is 16.3. The van der Waals surface area contributed by atoms with E-state index in [9.17, 15) is 0 Å². The minimum absolute atomic E-state index is 1.16. The fraction of sp³-hybridized carbons (Fsp3) is 0.857. The fourth-order valence-electron chi connectivity index (χ4n) is 3.25. The van der Waals surface area contributed by atoms with Crippen molar-refractivity contribution in [3.8, 4) is 0 Å². The number of unbranched alkanes of at least 4 members (excludes halogenated alkanes) is 6. The predicted octanol–water partition coefficient (Wildman–Crippen LogP) is 6.49. The summed E-state index contributed by atoms with van der Waals surface area (Å²) in [5, 5.41) is 0. The van der Waals surface area contributed by atoms with Crippen molar-refractivity contribution in [2.75, 3.05) is 0 Å². The summed E-state index contributed by atoms with van der Waals surface area (Å²) in [4.78, 5) is 5.10. The van der Waals surface area contributed by atoms with Gasteiger partial charge in [-0.1, -0.05) is 66.2 Å². The molecule has 2 heteroatoms. The fourth-order valence-corrected chi connectivity index (χ4v) is 3.25. The molecular formula is C21H40N2. The standard InChI is InChI=1S/C21H40N2/c1-5-9-13-14-18-23-20(16-11-7-3)19(15-10-6-2)22-21(23)17-12-8-4/h5-18H2,1-4H3. The molecule has 0 bridgehead atoms. The molecule has 1 rings (SSSR count). The van der Waals surface area contributed by atoms with Crippen LogP contribution in [0.25, 0.3) is 0 Å². The Balaban J connectivity index is 2.92. The van der Waals surface area contributed by atoms with Crippen molar-refractivity contribution < 1.29 is 0 Å². The van der Waals surface area contributed by atoms with E-state index in [0.29, 0.717) is 0 Å². The highest BCUT2D eigenvalue weighted by molar-refractivity contribution is 5.18. The van der Waals surface area contributed by atoms with Gasteiger partial charge in [0.05, 0.1) is 5.69 Å². The van der Waals surface area contributed by atoms with Crippen molar-refractivity contribution in [3.63, 3.8) is 0 Å². The van der Waals surface area contributed by atoms with E-state index >= 15 is 0 Å². The maximum atomic E-state index is 5.10. The molecule has 0 N–H and O–H groups in total. The van der Waals surface area contributed by atoms with E-state index in [0.717, 1.165) is 6.42 Å². The zero-order chi connectivity index (χ0) is 16.9. The summed E-state index contributed by atoms with van der Waals surface area (Å²) < 4.78 is 2.62. The summed E-state index contributed by atoms with van der Waals surface area (Å²) in [5.41, 5.74) is 2.99. The summed E-state index contributed by atoms with van der Waals surface area (Å²) in [6.07, 6.45) is 16.6. The highest BCUT2D eigenvalue weighted by Gasteiger charge is 2.15. The van der Waals surface area contributed by atoms with Crippen LogP contribution in [0.15, 0.2) is 0 Å². The third-order valence-electron chi connectivity index (χ3n) is 4.76. The summed E-state index contributed by atoms with van der Waals surface area (Å²) in [6, 6.07) is 0. The maximum Gasteiger partial charge on any atom is 0.109 e. The van der Waals surface area contributed by atoms with Gasteiger partial charge in [0.2, 0.25) is 0 Å². The third-order valence-corrected chi connectivity index (χ3v) is 4.76. The van der Waals surface area contributed by atoms with E-state index in [4.69, 9.17) is 4.98 Å². The van der Waals surface area contributed by atoms with Crippen LogP contribution in [0.5, 0.6) is 0 Å². The molecule has 0 aliphatic rings. The molecule has 0 aliphatic carbocycles.